The molecule has 2 aromatic carbocycles. The van der Waals surface area contributed by atoms with Crippen molar-refractivity contribution in [1.29, 1.82) is 0 Å². The molecular formula is C21H22N2O4. The summed E-state index contributed by atoms with van der Waals surface area (Å²) < 4.78 is 16.3. The molecule has 6 nitrogen and oxygen atoms in total. The molecule has 1 heterocycles. The lowest BCUT2D eigenvalue weighted by atomic mass is 10.1. The first kappa shape index (κ1) is 18.5. The Kier molecular flexibility index (Phi) is 5.45. The molecule has 0 aliphatic carbocycles. The van der Waals surface area contributed by atoms with Crippen LogP contribution in [-0.2, 0) is 11.2 Å². The molecular weight excluding hydrogens is 344 g/mol. The Balaban J connectivity index is 1.76. The van der Waals surface area contributed by atoms with Gasteiger partial charge in [-0.15, -0.1) is 0 Å². The van der Waals surface area contributed by atoms with Gasteiger partial charge in [-0.2, -0.15) is 0 Å². The highest BCUT2D eigenvalue weighted by Gasteiger charge is 2.16. The minimum absolute atomic E-state index is 0.121. The predicted octanol–water partition coefficient (Wildman–Crippen LogP) is 4.16. The molecule has 0 saturated carbocycles. The molecule has 0 unspecified atom stereocenters. The number of oxazole rings is 1. The minimum Gasteiger partial charge on any atom is -0.493 e. The number of aromatic nitrogens is 1. The van der Waals surface area contributed by atoms with Gasteiger partial charge in [-0.25, -0.2) is 4.98 Å². The Morgan fingerprint density at radius 1 is 1.07 bits per heavy atom. The van der Waals surface area contributed by atoms with Crippen LogP contribution in [0, 0.1) is 13.8 Å². The molecule has 1 aromatic heterocycles. The monoisotopic (exact) mass is 366 g/mol. The number of hydrogen-bond donors (Lipinski definition) is 1. The van der Waals surface area contributed by atoms with Crippen molar-refractivity contribution in [2.75, 3.05) is 19.5 Å². The van der Waals surface area contributed by atoms with Crippen molar-refractivity contribution in [3.8, 4) is 23.0 Å². The Morgan fingerprint density at radius 3 is 2.41 bits per heavy atom. The molecule has 1 N–H and O–H groups in total. The largest absolute Gasteiger partial charge is 0.493 e. The zero-order valence-corrected chi connectivity index (χ0v) is 15.8. The number of carbonyl (C=O) groups is 1. The number of aryl methyl sites for hydroxylation is 2. The van der Waals surface area contributed by atoms with E-state index in [1.165, 1.54) is 0 Å². The first-order valence-electron chi connectivity index (χ1n) is 8.56. The fourth-order valence-corrected chi connectivity index (χ4v) is 2.76. The van der Waals surface area contributed by atoms with Gasteiger partial charge in [0.1, 0.15) is 5.76 Å². The maximum atomic E-state index is 12.5. The van der Waals surface area contributed by atoms with Gasteiger partial charge in [-0.05, 0) is 37.6 Å². The third-order valence-corrected chi connectivity index (χ3v) is 4.25. The van der Waals surface area contributed by atoms with E-state index < -0.39 is 0 Å². The van der Waals surface area contributed by atoms with Crippen molar-refractivity contribution in [1.82, 2.24) is 4.98 Å². The average molecular weight is 366 g/mol. The molecule has 0 bridgehead atoms. The summed E-state index contributed by atoms with van der Waals surface area (Å²) >= 11 is 0. The molecule has 0 saturated heterocycles. The van der Waals surface area contributed by atoms with E-state index in [1.807, 2.05) is 50.2 Å². The molecule has 3 rings (SSSR count). The summed E-state index contributed by atoms with van der Waals surface area (Å²) in [5.41, 5.74) is 3.04. The molecule has 140 valence electrons. The topological polar surface area (TPSA) is 73.6 Å². The molecule has 0 spiro atoms. The highest BCUT2D eigenvalue weighted by Crippen LogP contribution is 2.33. The number of methoxy groups -OCH3 is 2. The van der Waals surface area contributed by atoms with Gasteiger partial charge in [0, 0.05) is 17.3 Å². The van der Waals surface area contributed by atoms with Crippen molar-refractivity contribution in [2.45, 2.75) is 20.3 Å². The second kappa shape index (κ2) is 7.95. The normalized spacial score (nSPS) is 10.5. The molecule has 0 aliphatic rings. The third kappa shape index (κ3) is 4.11. The zero-order valence-electron chi connectivity index (χ0n) is 15.8. The maximum absolute atomic E-state index is 12.5. The van der Waals surface area contributed by atoms with Crippen LogP contribution in [0.2, 0.25) is 0 Å². The van der Waals surface area contributed by atoms with Crippen LogP contribution < -0.4 is 14.8 Å². The zero-order chi connectivity index (χ0) is 19.4. The van der Waals surface area contributed by atoms with Crippen LogP contribution in [0.1, 0.15) is 17.0 Å². The molecule has 0 aliphatic heterocycles. The average Bonchev–Trinajstić information content (AvgIpc) is 3.04. The van der Waals surface area contributed by atoms with Gasteiger partial charge in [-0.1, -0.05) is 18.2 Å². The van der Waals surface area contributed by atoms with Crippen molar-refractivity contribution < 1.29 is 18.7 Å². The first-order valence-corrected chi connectivity index (χ1v) is 8.56. The quantitative estimate of drug-likeness (QED) is 0.709. The van der Waals surface area contributed by atoms with Gasteiger partial charge in [-0.3, -0.25) is 4.79 Å². The molecule has 0 atom stereocenters. The number of anilines is 1. The minimum atomic E-state index is -0.179. The van der Waals surface area contributed by atoms with Gasteiger partial charge < -0.3 is 19.2 Å². The fraction of sp³-hybridized carbons (Fsp3) is 0.238. The second-order valence-electron chi connectivity index (χ2n) is 6.13. The van der Waals surface area contributed by atoms with Gasteiger partial charge in [0.25, 0.3) is 0 Å². The van der Waals surface area contributed by atoms with Crippen LogP contribution in [0.25, 0.3) is 11.5 Å². The third-order valence-electron chi connectivity index (χ3n) is 4.25. The number of nitrogens with zero attached hydrogens (tertiary/aromatic N) is 1. The summed E-state index contributed by atoms with van der Waals surface area (Å²) in [5, 5.41) is 2.90. The highest BCUT2D eigenvalue weighted by atomic mass is 16.5. The van der Waals surface area contributed by atoms with Crippen molar-refractivity contribution in [3.63, 3.8) is 0 Å². The number of carbonyl (C=O) groups excluding carboxylic acids is 1. The van der Waals surface area contributed by atoms with Crippen LogP contribution in [0.5, 0.6) is 11.5 Å². The maximum Gasteiger partial charge on any atom is 0.230 e. The summed E-state index contributed by atoms with van der Waals surface area (Å²) in [7, 11) is 3.13. The Morgan fingerprint density at radius 2 is 1.74 bits per heavy atom. The number of nitrogens with one attached hydrogen (secondary N) is 1. The SMILES string of the molecule is COc1cc(C)c(NC(=O)Cc2nc(-c3ccccc3)oc2C)cc1OC. The van der Waals surface area contributed by atoms with Gasteiger partial charge in [0.2, 0.25) is 11.8 Å². The summed E-state index contributed by atoms with van der Waals surface area (Å²) in [4.78, 5) is 17.0. The van der Waals surface area contributed by atoms with E-state index in [4.69, 9.17) is 13.9 Å². The first-order chi connectivity index (χ1) is 13.0. The summed E-state index contributed by atoms with van der Waals surface area (Å²) in [6.07, 6.45) is 0.121. The Labute approximate surface area is 158 Å². The second-order valence-corrected chi connectivity index (χ2v) is 6.13. The van der Waals surface area contributed by atoms with E-state index in [1.54, 1.807) is 20.3 Å². The van der Waals surface area contributed by atoms with Crippen LogP contribution >= 0.6 is 0 Å². The number of rotatable bonds is 6. The lowest BCUT2D eigenvalue weighted by Gasteiger charge is -2.13. The molecule has 1 amide bonds. The van der Waals surface area contributed by atoms with Crippen molar-refractivity contribution in [3.05, 3.63) is 59.5 Å². The molecule has 27 heavy (non-hydrogen) atoms. The molecule has 0 fully saturated rings. The van der Waals surface area contributed by atoms with Crippen LogP contribution in [-0.4, -0.2) is 25.1 Å². The highest BCUT2D eigenvalue weighted by molar-refractivity contribution is 5.93. The predicted molar refractivity (Wildman–Crippen MR) is 103 cm³/mol. The van der Waals surface area contributed by atoms with E-state index in [-0.39, 0.29) is 12.3 Å². The Hall–Kier alpha value is -3.28. The summed E-state index contributed by atoms with van der Waals surface area (Å²) in [5.74, 6) is 2.14. The number of benzene rings is 2. The van der Waals surface area contributed by atoms with E-state index in [0.29, 0.717) is 34.5 Å². The Bertz CT molecular complexity index is 948. The lowest BCUT2D eigenvalue weighted by molar-refractivity contribution is -0.115. The fourth-order valence-electron chi connectivity index (χ4n) is 2.76. The van der Waals surface area contributed by atoms with E-state index in [0.717, 1.165) is 11.1 Å². The summed E-state index contributed by atoms with van der Waals surface area (Å²) in [6, 6.07) is 13.2. The number of ether oxygens (including phenoxy) is 2. The molecule has 3 aromatic rings. The smallest absolute Gasteiger partial charge is 0.230 e. The van der Waals surface area contributed by atoms with Crippen molar-refractivity contribution in [2.24, 2.45) is 0 Å². The number of hydrogen-bond acceptors (Lipinski definition) is 5. The van der Waals surface area contributed by atoms with Crippen molar-refractivity contribution >= 4 is 11.6 Å². The van der Waals surface area contributed by atoms with E-state index >= 15 is 0 Å². The number of amides is 1. The van der Waals surface area contributed by atoms with Gasteiger partial charge in [0.15, 0.2) is 11.5 Å². The summed E-state index contributed by atoms with van der Waals surface area (Å²) in [6.45, 7) is 3.70. The van der Waals surface area contributed by atoms with Crippen LogP contribution in [0.15, 0.2) is 46.9 Å². The lowest BCUT2D eigenvalue weighted by Crippen LogP contribution is -2.16. The van der Waals surface area contributed by atoms with Gasteiger partial charge in [0.05, 0.1) is 26.3 Å². The van der Waals surface area contributed by atoms with E-state index in [9.17, 15) is 4.79 Å². The van der Waals surface area contributed by atoms with Crippen LogP contribution in [0.3, 0.4) is 0 Å². The molecule has 0 radical (unpaired) electrons. The van der Waals surface area contributed by atoms with Crippen LogP contribution in [0.4, 0.5) is 5.69 Å². The molecule has 6 heteroatoms. The standard InChI is InChI=1S/C21H22N2O4/c1-13-10-18(25-3)19(26-4)11-16(13)22-20(24)12-17-14(2)27-21(23-17)15-8-6-5-7-9-15/h5-11H,12H2,1-4H3,(H,22,24). The van der Waals surface area contributed by atoms with Gasteiger partial charge >= 0.3 is 0 Å². The van der Waals surface area contributed by atoms with E-state index in [2.05, 4.69) is 10.3 Å².